The number of hydrogen-bond donors (Lipinski definition) is 1. The van der Waals surface area contributed by atoms with Gasteiger partial charge in [-0.25, -0.2) is 0 Å². The standard InChI is InChI=1S/C15H21ClO2/c1-10-4-3-5-11(8-10)15(17)13-9-12(16)6-7-14(13)18-2/h6-7,9-11,15,17H,3-5,8H2,1-2H3. The molecule has 3 atom stereocenters. The van der Waals surface area contributed by atoms with E-state index >= 15 is 0 Å². The van der Waals surface area contributed by atoms with Gasteiger partial charge in [-0.3, -0.25) is 0 Å². The van der Waals surface area contributed by atoms with Gasteiger partial charge in [0.15, 0.2) is 0 Å². The van der Waals surface area contributed by atoms with Crippen LogP contribution in [0.2, 0.25) is 5.02 Å². The van der Waals surface area contributed by atoms with Crippen molar-refractivity contribution in [3.63, 3.8) is 0 Å². The van der Waals surface area contributed by atoms with Gasteiger partial charge < -0.3 is 9.84 Å². The first-order chi connectivity index (χ1) is 8.61. The van der Waals surface area contributed by atoms with E-state index in [9.17, 15) is 5.11 Å². The van der Waals surface area contributed by atoms with Crippen molar-refractivity contribution >= 4 is 11.6 Å². The summed E-state index contributed by atoms with van der Waals surface area (Å²) in [5.41, 5.74) is 0.823. The van der Waals surface area contributed by atoms with Gasteiger partial charge in [0.2, 0.25) is 0 Å². The largest absolute Gasteiger partial charge is 0.496 e. The Morgan fingerprint density at radius 2 is 2.17 bits per heavy atom. The summed E-state index contributed by atoms with van der Waals surface area (Å²) < 4.78 is 5.32. The Balaban J connectivity index is 2.21. The molecular formula is C15H21ClO2. The van der Waals surface area contributed by atoms with Gasteiger partial charge >= 0.3 is 0 Å². The third kappa shape index (κ3) is 2.99. The average molecular weight is 269 g/mol. The summed E-state index contributed by atoms with van der Waals surface area (Å²) in [5, 5.41) is 11.2. The molecule has 0 saturated heterocycles. The first-order valence-electron chi connectivity index (χ1n) is 6.63. The van der Waals surface area contributed by atoms with Gasteiger partial charge in [-0.2, -0.15) is 0 Å². The zero-order valence-electron chi connectivity index (χ0n) is 11.0. The van der Waals surface area contributed by atoms with Crippen molar-refractivity contribution in [3.05, 3.63) is 28.8 Å². The Bertz CT molecular complexity index is 405. The van der Waals surface area contributed by atoms with Crippen molar-refractivity contribution in [2.75, 3.05) is 7.11 Å². The van der Waals surface area contributed by atoms with Crippen molar-refractivity contribution in [1.29, 1.82) is 0 Å². The lowest BCUT2D eigenvalue weighted by Gasteiger charge is -2.31. The summed E-state index contributed by atoms with van der Waals surface area (Å²) in [6.07, 6.45) is 4.17. The molecule has 1 aliphatic carbocycles. The average Bonchev–Trinajstić information content (AvgIpc) is 2.38. The number of ether oxygens (including phenoxy) is 1. The monoisotopic (exact) mass is 268 g/mol. The molecule has 0 heterocycles. The van der Waals surface area contributed by atoms with Crippen LogP contribution in [0.3, 0.4) is 0 Å². The maximum absolute atomic E-state index is 10.6. The third-order valence-electron chi connectivity index (χ3n) is 3.93. The van der Waals surface area contributed by atoms with Crippen LogP contribution in [0.5, 0.6) is 5.75 Å². The third-order valence-corrected chi connectivity index (χ3v) is 4.17. The van der Waals surface area contributed by atoms with Crippen molar-refractivity contribution < 1.29 is 9.84 Å². The Morgan fingerprint density at radius 1 is 1.39 bits per heavy atom. The second-order valence-corrected chi connectivity index (χ2v) is 5.80. The van der Waals surface area contributed by atoms with Crippen molar-refractivity contribution in [1.82, 2.24) is 0 Å². The molecule has 0 spiro atoms. The van der Waals surface area contributed by atoms with Crippen LogP contribution in [-0.4, -0.2) is 12.2 Å². The number of aliphatic hydroxyl groups is 1. The summed E-state index contributed by atoms with van der Waals surface area (Å²) in [7, 11) is 1.63. The molecular weight excluding hydrogens is 248 g/mol. The molecule has 2 rings (SSSR count). The Morgan fingerprint density at radius 3 is 2.83 bits per heavy atom. The quantitative estimate of drug-likeness (QED) is 0.890. The molecule has 0 aliphatic heterocycles. The highest BCUT2D eigenvalue weighted by Crippen LogP contribution is 2.40. The molecule has 0 amide bonds. The van der Waals surface area contributed by atoms with Crippen LogP contribution in [0, 0.1) is 11.8 Å². The predicted octanol–water partition coefficient (Wildman–Crippen LogP) is 4.21. The van der Waals surface area contributed by atoms with Crippen LogP contribution in [0.15, 0.2) is 18.2 Å². The molecule has 1 aromatic carbocycles. The van der Waals surface area contributed by atoms with E-state index in [1.165, 1.54) is 12.8 Å². The molecule has 3 heteroatoms. The first-order valence-corrected chi connectivity index (χ1v) is 7.01. The van der Waals surface area contributed by atoms with E-state index in [1.54, 1.807) is 13.2 Å². The Kier molecular flexibility index (Phi) is 4.52. The lowest BCUT2D eigenvalue weighted by Crippen LogP contribution is -2.20. The minimum atomic E-state index is -0.471. The van der Waals surface area contributed by atoms with Gasteiger partial charge in [-0.15, -0.1) is 0 Å². The highest BCUT2D eigenvalue weighted by Gasteiger charge is 2.28. The molecule has 1 N–H and O–H groups in total. The van der Waals surface area contributed by atoms with E-state index < -0.39 is 6.10 Å². The van der Waals surface area contributed by atoms with Gasteiger partial charge in [-0.1, -0.05) is 31.4 Å². The molecule has 0 radical (unpaired) electrons. The van der Waals surface area contributed by atoms with Crippen molar-refractivity contribution in [2.24, 2.45) is 11.8 Å². The second kappa shape index (κ2) is 5.94. The van der Waals surface area contributed by atoms with E-state index in [2.05, 4.69) is 6.92 Å². The normalized spacial score (nSPS) is 25.8. The lowest BCUT2D eigenvalue weighted by molar-refractivity contribution is 0.0693. The fourth-order valence-corrected chi connectivity index (χ4v) is 3.14. The van der Waals surface area contributed by atoms with Crippen LogP contribution in [0.1, 0.15) is 44.3 Å². The second-order valence-electron chi connectivity index (χ2n) is 5.36. The summed E-state index contributed by atoms with van der Waals surface area (Å²) in [4.78, 5) is 0. The summed E-state index contributed by atoms with van der Waals surface area (Å²) >= 11 is 6.02. The number of halogens is 1. The fourth-order valence-electron chi connectivity index (χ4n) is 2.96. The van der Waals surface area contributed by atoms with Crippen LogP contribution >= 0.6 is 11.6 Å². The zero-order valence-corrected chi connectivity index (χ0v) is 11.8. The molecule has 3 unspecified atom stereocenters. The molecule has 0 bridgehead atoms. The van der Waals surface area contributed by atoms with Crippen LogP contribution in [0.4, 0.5) is 0 Å². The lowest BCUT2D eigenvalue weighted by atomic mass is 9.78. The molecule has 1 aliphatic rings. The highest BCUT2D eigenvalue weighted by atomic mass is 35.5. The maximum atomic E-state index is 10.6. The van der Waals surface area contributed by atoms with E-state index in [0.29, 0.717) is 16.9 Å². The van der Waals surface area contributed by atoms with E-state index in [-0.39, 0.29) is 0 Å². The SMILES string of the molecule is COc1ccc(Cl)cc1C(O)C1CCCC(C)C1. The number of rotatable bonds is 3. The number of aliphatic hydroxyl groups excluding tert-OH is 1. The minimum absolute atomic E-state index is 0.320. The topological polar surface area (TPSA) is 29.5 Å². The molecule has 2 nitrogen and oxygen atoms in total. The van der Waals surface area contributed by atoms with Gasteiger partial charge in [0.1, 0.15) is 5.75 Å². The molecule has 1 saturated carbocycles. The number of benzene rings is 1. The first kappa shape index (κ1) is 13.7. The van der Waals surface area contributed by atoms with Crippen LogP contribution < -0.4 is 4.74 Å². The zero-order chi connectivity index (χ0) is 13.1. The smallest absolute Gasteiger partial charge is 0.124 e. The molecule has 100 valence electrons. The summed E-state index contributed by atoms with van der Waals surface area (Å²) in [6, 6.07) is 5.44. The summed E-state index contributed by atoms with van der Waals surface area (Å²) in [6.45, 7) is 2.26. The number of hydrogen-bond acceptors (Lipinski definition) is 2. The van der Waals surface area contributed by atoms with E-state index in [4.69, 9.17) is 16.3 Å². The van der Waals surface area contributed by atoms with Crippen molar-refractivity contribution in [2.45, 2.75) is 38.7 Å². The minimum Gasteiger partial charge on any atom is -0.496 e. The molecule has 1 aromatic rings. The van der Waals surface area contributed by atoms with Crippen LogP contribution in [-0.2, 0) is 0 Å². The Labute approximate surface area is 114 Å². The van der Waals surface area contributed by atoms with E-state index in [1.807, 2.05) is 12.1 Å². The van der Waals surface area contributed by atoms with Gasteiger partial charge in [0.05, 0.1) is 13.2 Å². The number of methoxy groups -OCH3 is 1. The van der Waals surface area contributed by atoms with Gasteiger partial charge in [0.25, 0.3) is 0 Å². The Hall–Kier alpha value is -0.730. The highest BCUT2D eigenvalue weighted by molar-refractivity contribution is 6.30. The molecule has 18 heavy (non-hydrogen) atoms. The van der Waals surface area contributed by atoms with Gasteiger partial charge in [0, 0.05) is 10.6 Å². The van der Waals surface area contributed by atoms with E-state index in [0.717, 1.165) is 24.2 Å². The van der Waals surface area contributed by atoms with Crippen molar-refractivity contribution in [3.8, 4) is 5.75 Å². The fraction of sp³-hybridized carbons (Fsp3) is 0.600. The van der Waals surface area contributed by atoms with Crippen LogP contribution in [0.25, 0.3) is 0 Å². The molecule has 1 fully saturated rings. The predicted molar refractivity (Wildman–Crippen MR) is 74.1 cm³/mol. The summed E-state index contributed by atoms with van der Waals surface area (Å²) in [5.74, 6) is 1.75. The molecule has 0 aromatic heterocycles. The van der Waals surface area contributed by atoms with Gasteiger partial charge in [-0.05, 0) is 42.9 Å². The maximum Gasteiger partial charge on any atom is 0.124 e.